The number of carbonyl (C=O) groups excluding carboxylic acids is 1. The highest BCUT2D eigenvalue weighted by Gasteiger charge is 2.20. The maximum atomic E-state index is 12.3. The molecule has 0 saturated heterocycles. The standard InChI is InChI=1S/C16H12N2O5/c1-10-12(4-3-5-13(10)18(20)21)16(19)23-14-7-6-11(9-17)8-15(14)22-2/h3-8H,1-2H3. The summed E-state index contributed by atoms with van der Waals surface area (Å²) >= 11 is 0. The van der Waals surface area contributed by atoms with Crippen LogP contribution in [0.4, 0.5) is 5.69 Å². The van der Waals surface area contributed by atoms with Crippen LogP contribution in [0.15, 0.2) is 36.4 Å². The summed E-state index contributed by atoms with van der Waals surface area (Å²) in [5, 5.41) is 19.8. The van der Waals surface area contributed by atoms with Crippen LogP contribution in [0.25, 0.3) is 0 Å². The molecule has 0 radical (unpaired) electrons. The Bertz CT molecular complexity index is 824. The van der Waals surface area contributed by atoms with Crippen molar-refractivity contribution in [2.45, 2.75) is 6.92 Å². The summed E-state index contributed by atoms with van der Waals surface area (Å²) in [5.74, 6) is -0.392. The SMILES string of the molecule is COc1cc(C#N)ccc1OC(=O)c1cccc([N+](=O)[O-])c1C. The van der Waals surface area contributed by atoms with E-state index in [1.165, 1.54) is 50.4 Å². The molecule has 0 aliphatic carbocycles. The Hall–Kier alpha value is -3.40. The molecule has 0 bridgehead atoms. The summed E-state index contributed by atoms with van der Waals surface area (Å²) in [4.78, 5) is 22.6. The van der Waals surface area contributed by atoms with E-state index < -0.39 is 10.9 Å². The predicted molar refractivity (Wildman–Crippen MR) is 80.5 cm³/mol. The molecule has 0 saturated carbocycles. The zero-order valence-electron chi connectivity index (χ0n) is 12.4. The maximum absolute atomic E-state index is 12.3. The van der Waals surface area contributed by atoms with E-state index in [9.17, 15) is 14.9 Å². The van der Waals surface area contributed by atoms with Gasteiger partial charge in [-0.05, 0) is 25.1 Å². The van der Waals surface area contributed by atoms with E-state index in [4.69, 9.17) is 14.7 Å². The van der Waals surface area contributed by atoms with Crippen LogP contribution >= 0.6 is 0 Å². The number of hydrogen-bond donors (Lipinski definition) is 0. The van der Waals surface area contributed by atoms with Crippen LogP contribution in [0.1, 0.15) is 21.5 Å². The third-order valence-corrected chi connectivity index (χ3v) is 3.22. The molecule has 0 spiro atoms. The fourth-order valence-corrected chi connectivity index (χ4v) is 2.02. The summed E-state index contributed by atoms with van der Waals surface area (Å²) < 4.78 is 10.3. The van der Waals surface area contributed by atoms with Gasteiger partial charge in [0.05, 0.1) is 29.2 Å². The Morgan fingerprint density at radius 2 is 2.00 bits per heavy atom. The van der Waals surface area contributed by atoms with Crippen molar-refractivity contribution >= 4 is 11.7 Å². The Morgan fingerprint density at radius 1 is 1.26 bits per heavy atom. The summed E-state index contributed by atoms with van der Waals surface area (Å²) in [6, 6.07) is 10.5. The lowest BCUT2D eigenvalue weighted by atomic mass is 10.1. The van der Waals surface area contributed by atoms with Gasteiger partial charge in [0, 0.05) is 17.7 Å². The van der Waals surface area contributed by atoms with Crippen LogP contribution in [0.3, 0.4) is 0 Å². The largest absolute Gasteiger partial charge is 0.493 e. The average molecular weight is 312 g/mol. The van der Waals surface area contributed by atoms with E-state index in [1.54, 1.807) is 0 Å². The molecule has 0 N–H and O–H groups in total. The number of nitro groups is 1. The van der Waals surface area contributed by atoms with Crippen molar-refractivity contribution in [3.05, 3.63) is 63.2 Å². The lowest BCUT2D eigenvalue weighted by Crippen LogP contribution is -2.12. The molecular formula is C16H12N2O5. The van der Waals surface area contributed by atoms with Crippen molar-refractivity contribution in [2.24, 2.45) is 0 Å². The third kappa shape index (κ3) is 3.27. The Labute approximate surface area is 131 Å². The Morgan fingerprint density at radius 3 is 2.61 bits per heavy atom. The smallest absolute Gasteiger partial charge is 0.344 e. The van der Waals surface area contributed by atoms with Crippen LogP contribution in [0.2, 0.25) is 0 Å². The topological polar surface area (TPSA) is 102 Å². The first-order chi connectivity index (χ1) is 11.0. The predicted octanol–water partition coefficient (Wildman–Crippen LogP) is 3.00. The number of nitrogens with zero attached hydrogens (tertiary/aromatic N) is 2. The average Bonchev–Trinajstić information content (AvgIpc) is 2.54. The zero-order chi connectivity index (χ0) is 17.0. The number of esters is 1. The first-order valence-corrected chi connectivity index (χ1v) is 6.52. The van der Waals surface area contributed by atoms with E-state index >= 15 is 0 Å². The first kappa shape index (κ1) is 16.0. The van der Waals surface area contributed by atoms with Gasteiger partial charge in [-0.2, -0.15) is 5.26 Å². The highest BCUT2D eigenvalue weighted by Crippen LogP contribution is 2.29. The monoisotopic (exact) mass is 312 g/mol. The minimum atomic E-state index is -0.741. The number of rotatable bonds is 4. The summed E-state index contributed by atoms with van der Waals surface area (Å²) in [6.07, 6.45) is 0. The van der Waals surface area contributed by atoms with Crippen LogP contribution in [0.5, 0.6) is 11.5 Å². The lowest BCUT2D eigenvalue weighted by Gasteiger charge is -2.10. The lowest BCUT2D eigenvalue weighted by molar-refractivity contribution is -0.385. The van der Waals surface area contributed by atoms with Crippen LogP contribution in [-0.2, 0) is 0 Å². The van der Waals surface area contributed by atoms with Gasteiger partial charge >= 0.3 is 5.97 Å². The highest BCUT2D eigenvalue weighted by atomic mass is 16.6. The molecule has 23 heavy (non-hydrogen) atoms. The second kappa shape index (κ2) is 6.58. The molecule has 7 heteroatoms. The number of hydrogen-bond acceptors (Lipinski definition) is 6. The van der Waals surface area contributed by atoms with Crippen molar-refractivity contribution in [3.8, 4) is 17.6 Å². The Balaban J connectivity index is 2.35. The molecule has 0 amide bonds. The zero-order valence-corrected chi connectivity index (χ0v) is 12.4. The molecule has 2 rings (SSSR count). The van der Waals surface area contributed by atoms with Crippen LogP contribution in [-0.4, -0.2) is 18.0 Å². The fraction of sp³-hybridized carbons (Fsp3) is 0.125. The molecule has 2 aromatic carbocycles. The van der Waals surface area contributed by atoms with Gasteiger partial charge in [-0.3, -0.25) is 10.1 Å². The molecule has 0 fully saturated rings. The number of carbonyl (C=O) groups is 1. The molecule has 0 heterocycles. The fourth-order valence-electron chi connectivity index (χ4n) is 2.02. The highest BCUT2D eigenvalue weighted by molar-refractivity contribution is 5.94. The van der Waals surface area contributed by atoms with Crippen molar-refractivity contribution in [1.82, 2.24) is 0 Å². The van der Waals surface area contributed by atoms with Gasteiger partial charge < -0.3 is 9.47 Å². The minimum Gasteiger partial charge on any atom is -0.493 e. The molecule has 2 aromatic rings. The molecular weight excluding hydrogens is 300 g/mol. The van der Waals surface area contributed by atoms with Crippen molar-refractivity contribution in [1.29, 1.82) is 5.26 Å². The summed E-state index contributed by atoms with van der Waals surface area (Å²) in [7, 11) is 1.38. The van der Waals surface area contributed by atoms with Gasteiger partial charge in [0.15, 0.2) is 11.5 Å². The number of ether oxygens (including phenoxy) is 2. The quantitative estimate of drug-likeness (QED) is 0.372. The number of methoxy groups -OCH3 is 1. The van der Waals surface area contributed by atoms with Crippen molar-refractivity contribution in [2.75, 3.05) is 7.11 Å². The van der Waals surface area contributed by atoms with Crippen LogP contribution < -0.4 is 9.47 Å². The maximum Gasteiger partial charge on any atom is 0.344 e. The molecule has 7 nitrogen and oxygen atoms in total. The van der Waals surface area contributed by atoms with Gasteiger partial charge in [-0.1, -0.05) is 6.07 Å². The van der Waals surface area contributed by atoms with Gasteiger partial charge in [-0.25, -0.2) is 4.79 Å². The van der Waals surface area contributed by atoms with Crippen molar-refractivity contribution < 1.29 is 19.2 Å². The van der Waals surface area contributed by atoms with E-state index in [2.05, 4.69) is 0 Å². The van der Waals surface area contributed by atoms with Gasteiger partial charge in [-0.15, -0.1) is 0 Å². The van der Waals surface area contributed by atoms with Crippen molar-refractivity contribution in [3.63, 3.8) is 0 Å². The number of nitro benzene ring substituents is 1. The normalized spacial score (nSPS) is 9.78. The van der Waals surface area contributed by atoms with Gasteiger partial charge in [0.1, 0.15) is 0 Å². The summed E-state index contributed by atoms with van der Waals surface area (Å²) in [6.45, 7) is 1.48. The first-order valence-electron chi connectivity index (χ1n) is 6.52. The van der Waals surface area contributed by atoms with Gasteiger partial charge in [0.25, 0.3) is 5.69 Å². The van der Waals surface area contributed by atoms with Crippen LogP contribution in [0, 0.1) is 28.4 Å². The van der Waals surface area contributed by atoms with E-state index in [-0.39, 0.29) is 28.3 Å². The Kier molecular flexibility index (Phi) is 4.57. The molecule has 116 valence electrons. The second-order valence-corrected chi connectivity index (χ2v) is 4.57. The molecule has 0 atom stereocenters. The van der Waals surface area contributed by atoms with E-state index in [1.807, 2.05) is 6.07 Å². The number of benzene rings is 2. The molecule has 0 aliphatic heterocycles. The number of nitriles is 1. The third-order valence-electron chi connectivity index (χ3n) is 3.22. The second-order valence-electron chi connectivity index (χ2n) is 4.57. The van der Waals surface area contributed by atoms with E-state index in [0.717, 1.165) is 0 Å². The van der Waals surface area contributed by atoms with Gasteiger partial charge in [0.2, 0.25) is 0 Å². The summed E-state index contributed by atoms with van der Waals surface area (Å²) in [5.41, 5.74) is 0.500. The molecule has 0 aromatic heterocycles. The molecule has 0 aliphatic rings. The minimum absolute atomic E-state index is 0.0885. The van der Waals surface area contributed by atoms with E-state index in [0.29, 0.717) is 5.56 Å². The molecule has 0 unspecified atom stereocenters.